The van der Waals surface area contributed by atoms with Crippen LogP contribution in [0.4, 0.5) is 4.79 Å². The summed E-state index contributed by atoms with van der Waals surface area (Å²) in [5, 5.41) is 13.4. The summed E-state index contributed by atoms with van der Waals surface area (Å²) in [5.74, 6) is 0.659. The molecule has 0 unspecified atom stereocenters. The van der Waals surface area contributed by atoms with Gasteiger partial charge in [0.15, 0.2) is 0 Å². The van der Waals surface area contributed by atoms with Crippen LogP contribution in [0.5, 0.6) is 5.75 Å². The molecule has 2 aromatic rings. The predicted molar refractivity (Wildman–Crippen MR) is 87.6 cm³/mol. The molecule has 1 aliphatic rings. The highest BCUT2D eigenvalue weighted by atomic mass is 35.5. The summed E-state index contributed by atoms with van der Waals surface area (Å²) in [5.41, 5.74) is 2.77. The van der Waals surface area contributed by atoms with Gasteiger partial charge in [0.2, 0.25) is 0 Å². The van der Waals surface area contributed by atoms with Gasteiger partial charge in [-0.2, -0.15) is 5.10 Å². The molecule has 3 N–H and O–H groups in total. The van der Waals surface area contributed by atoms with Crippen LogP contribution in [-0.2, 0) is 13.0 Å². The van der Waals surface area contributed by atoms with E-state index in [-0.39, 0.29) is 12.1 Å². The molecule has 0 fully saturated rings. The number of nitrogens with zero attached hydrogens (tertiary/aromatic N) is 1. The van der Waals surface area contributed by atoms with Gasteiger partial charge >= 0.3 is 6.03 Å². The molecular weight excluding hydrogens is 316 g/mol. The number of amides is 2. The van der Waals surface area contributed by atoms with E-state index in [1.54, 1.807) is 6.07 Å². The number of para-hydroxylation sites is 1. The van der Waals surface area contributed by atoms with Gasteiger partial charge in [-0.1, -0.05) is 30.7 Å². The summed E-state index contributed by atoms with van der Waals surface area (Å²) in [6.45, 7) is 2.97. The average Bonchev–Trinajstić information content (AvgIpc) is 3.02. The van der Waals surface area contributed by atoms with Crippen molar-refractivity contribution in [1.29, 1.82) is 0 Å². The highest BCUT2D eigenvalue weighted by Gasteiger charge is 2.24. The van der Waals surface area contributed by atoms with E-state index in [0.717, 1.165) is 23.4 Å². The smallest absolute Gasteiger partial charge is 0.315 e. The molecule has 7 heteroatoms. The van der Waals surface area contributed by atoms with Crippen LogP contribution in [0.3, 0.4) is 0 Å². The lowest BCUT2D eigenvalue weighted by atomic mass is 10.0. The number of hydrogen-bond donors (Lipinski definition) is 3. The first-order valence-corrected chi connectivity index (χ1v) is 8.04. The van der Waals surface area contributed by atoms with Crippen molar-refractivity contribution in [1.82, 2.24) is 20.8 Å². The van der Waals surface area contributed by atoms with Crippen LogP contribution in [0.1, 0.15) is 36.3 Å². The molecule has 6 nitrogen and oxygen atoms in total. The number of H-pyrrole nitrogens is 1. The number of carbonyl (C=O) groups excluding carboxylic acids is 1. The molecule has 1 aromatic heterocycles. The van der Waals surface area contributed by atoms with Gasteiger partial charge in [-0.25, -0.2) is 4.79 Å². The van der Waals surface area contributed by atoms with Crippen LogP contribution < -0.4 is 15.4 Å². The zero-order valence-electron chi connectivity index (χ0n) is 12.9. The fraction of sp³-hybridized carbons (Fsp3) is 0.375. The van der Waals surface area contributed by atoms with Crippen LogP contribution in [-0.4, -0.2) is 22.8 Å². The van der Waals surface area contributed by atoms with Crippen LogP contribution >= 0.6 is 11.6 Å². The number of benzene rings is 1. The number of fused-ring (bicyclic) bond motifs is 1. The highest BCUT2D eigenvalue weighted by molar-refractivity contribution is 6.32. The summed E-state index contributed by atoms with van der Waals surface area (Å²) >= 11 is 6.14. The number of aromatic nitrogens is 2. The van der Waals surface area contributed by atoms with Gasteiger partial charge in [-0.05, 0) is 18.6 Å². The SMILES string of the molecule is CCc1cc(CNC(=O)N[C@H]2CCOc3c(Cl)cccc32)[nH]n1. The number of ether oxygens (including phenoxy) is 1. The van der Waals surface area contributed by atoms with Crippen LogP contribution in [0.2, 0.25) is 5.02 Å². The quantitative estimate of drug-likeness (QED) is 0.804. The van der Waals surface area contributed by atoms with E-state index in [1.165, 1.54) is 0 Å². The summed E-state index contributed by atoms with van der Waals surface area (Å²) in [6.07, 6.45) is 1.58. The molecule has 122 valence electrons. The zero-order chi connectivity index (χ0) is 16.2. The standard InChI is InChI=1S/C16H19ClN4O2/c1-2-10-8-11(21-20-10)9-18-16(22)19-14-6-7-23-15-12(14)4-3-5-13(15)17/h3-5,8,14H,2,6-7,9H2,1H3,(H,20,21)(H2,18,19,22)/t14-/m0/s1. The first-order valence-electron chi connectivity index (χ1n) is 7.66. The van der Waals surface area contributed by atoms with E-state index < -0.39 is 0 Å². The van der Waals surface area contributed by atoms with Gasteiger partial charge in [0.25, 0.3) is 0 Å². The summed E-state index contributed by atoms with van der Waals surface area (Å²) < 4.78 is 5.59. The van der Waals surface area contributed by atoms with Crippen molar-refractivity contribution in [2.75, 3.05) is 6.61 Å². The molecule has 1 atom stereocenters. The van der Waals surface area contributed by atoms with E-state index in [0.29, 0.717) is 30.3 Å². The molecule has 0 radical (unpaired) electrons. The first-order chi connectivity index (χ1) is 11.2. The molecule has 0 aliphatic carbocycles. The second kappa shape index (κ2) is 6.91. The van der Waals surface area contributed by atoms with Crippen molar-refractivity contribution in [3.8, 4) is 5.75 Å². The highest BCUT2D eigenvalue weighted by Crippen LogP contribution is 2.37. The molecule has 0 spiro atoms. The zero-order valence-corrected chi connectivity index (χ0v) is 13.6. The van der Waals surface area contributed by atoms with Crippen LogP contribution in [0.15, 0.2) is 24.3 Å². The molecule has 23 heavy (non-hydrogen) atoms. The number of urea groups is 1. The van der Waals surface area contributed by atoms with E-state index in [4.69, 9.17) is 16.3 Å². The Labute approximate surface area is 139 Å². The van der Waals surface area contributed by atoms with E-state index in [1.807, 2.05) is 25.1 Å². The minimum absolute atomic E-state index is 0.106. The van der Waals surface area contributed by atoms with Crippen molar-refractivity contribution in [2.24, 2.45) is 0 Å². The van der Waals surface area contributed by atoms with Crippen LogP contribution in [0, 0.1) is 0 Å². The first kappa shape index (κ1) is 15.7. The molecule has 1 aromatic carbocycles. The number of carbonyl (C=O) groups is 1. The van der Waals surface area contributed by atoms with Crippen molar-refractivity contribution in [3.63, 3.8) is 0 Å². The monoisotopic (exact) mass is 334 g/mol. The minimum atomic E-state index is -0.226. The molecule has 2 heterocycles. The van der Waals surface area contributed by atoms with Crippen molar-refractivity contribution in [3.05, 3.63) is 46.2 Å². The van der Waals surface area contributed by atoms with Gasteiger partial charge in [-0.15, -0.1) is 0 Å². The normalized spacial score (nSPS) is 16.3. The maximum absolute atomic E-state index is 12.1. The van der Waals surface area contributed by atoms with Crippen molar-refractivity contribution >= 4 is 17.6 Å². The predicted octanol–water partition coefficient (Wildman–Crippen LogP) is 2.95. The fourth-order valence-corrected chi connectivity index (χ4v) is 2.84. The molecule has 0 bridgehead atoms. The molecule has 2 amide bonds. The van der Waals surface area contributed by atoms with Gasteiger partial charge in [0.1, 0.15) is 5.75 Å². The average molecular weight is 335 g/mol. The van der Waals surface area contributed by atoms with Crippen molar-refractivity contribution < 1.29 is 9.53 Å². The lowest BCUT2D eigenvalue weighted by Crippen LogP contribution is -2.39. The number of hydrogen-bond acceptors (Lipinski definition) is 3. The number of aryl methyl sites for hydroxylation is 1. The minimum Gasteiger partial charge on any atom is -0.492 e. The topological polar surface area (TPSA) is 79.0 Å². The fourth-order valence-electron chi connectivity index (χ4n) is 2.60. The molecule has 0 saturated carbocycles. The van der Waals surface area contributed by atoms with E-state index in [9.17, 15) is 4.79 Å². The summed E-state index contributed by atoms with van der Waals surface area (Å²) in [6, 6.07) is 7.18. The largest absolute Gasteiger partial charge is 0.492 e. The third-order valence-electron chi connectivity index (χ3n) is 3.82. The Hall–Kier alpha value is -2.21. The van der Waals surface area contributed by atoms with Crippen LogP contribution in [0.25, 0.3) is 0 Å². The molecule has 3 rings (SSSR count). The Morgan fingerprint density at radius 3 is 3.17 bits per heavy atom. The Bertz CT molecular complexity index is 701. The van der Waals surface area contributed by atoms with E-state index in [2.05, 4.69) is 20.8 Å². The molecular formula is C16H19ClN4O2. The second-order valence-electron chi connectivity index (χ2n) is 5.41. The maximum Gasteiger partial charge on any atom is 0.315 e. The van der Waals surface area contributed by atoms with Gasteiger partial charge in [0, 0.05) is 12.0 Å². The van der Waals surface area contributed by atoms with Gasteiger partial charge in [-0.3, -0.25) is 5.10 Å². The third kappa shape index (κ3) is 3.59. The number of nitrogens with one attached hydrogen (secondary N) is 3. The Balaban J connectivity index is 1.59. The third-order valence-corrected chi connectivity index (χ3v) is 4.11. The Morgan fingerprint density at radius 2 is 2.39 bits per heavy atom. The molecule has 0 saturated heterocycles. The number of halogens is 1. The molecule has 1 aliphatic heterocycles. The van der Waals surface area contributed by atoms with Crippen molar-refractivity contribution in [2.45, 2.75) is 32.4 Å². The number of rotatable bonds is 4. The Morgan fingerprint density at radius 1 is 1.52 bits per heavy atom. The lowest BCUT2D eigenvalue weighted by Gasteiger charge is -2.27. The number of aromatic amines is 1. The second-order valence-corrected chi connectivity index (χ2v) is 5.82. The van der Waals surface area contributed by atoms with Gasteiger partial charge < -0.3 is 15.4 Å². The maximum atomic E-state index is 12.1. The van der Waals surface area contributed by atoms with Gasteiger partial charge in [0.05, 0.1) is 35.6 Å². The summed E-state index contributed by atoms with van der Waals surface area (Å²) in [4.78, 5) is 12.1. The Kier molecular flexibility index (Phi) is 4.71. The van der Waals surface area contributed by atoms with E-state index >= 15 is 0 Å². The summed E-state index contributed by atoms with van der Waals surface area (Å²) in [7, 11) is 0. The lowest BCUT2D eigenvalue weighted by molar-refractivity contribution is 0.223.